The maximum atomic E-state index is 12.4. The molecule has 1 amide bonds. The minimum absolute atomic E-state index is 0.148. The van der Waals surface area contributed by atoms with E-state index in [1.807, 2.05) is 30.5 Å². The highest BCUT2D eigenvalue weighted by molar-refractivity contribution is 7.98. The molecule has 0 bridgehead atoms. The molecule has 0 saturated heterocycles. The first kappa shape index (κ1) is 14.6. The summed E-state index contributed by atoms with van der Waals surface area (Å²) in [5.74, 6) is 0.559. The van der Waals surface area contributed by atoms with Crippen molar-refractivity contribution in [2.45, 2.75) is 17.5 Å². The van der Waals surface area contributed by atoms with Gasteiger partial charge in [0, 0.05) is 12.3 Å². The number of hydrogen-bond acceptors (Lipinski definition) is 5. The van der Waals surface area contributed by atoms with Crippen molar-refractivity contribution in [3.8, 4) is 5.75 Å². The van der Waals surface area contributed by atoms with Crippen LogP contribution in [0.2, 0.25) is 0 Å². The minimum atomic E-state index is -0.328. The molecule has 22 heavy (non-hydrogen) atoms. The Kier molecular flexibility index (Phi) is 3.89. The van der Waals surface area contributed by atoms with Crippen molar-refractivity contribution in [1.82, 2.24) is 9.97 Å². The quantitative estimate of drug-likeness (QED) is 0.668. The molecule has 3 rings (SSSR count). The Hall–Kier alpha value is -2.28. The van der Waals surface area contributed by atoms with Crippen molar-refractivity contribution in [3.05, 3.63) is 45.7 Å². The van der Waals surface area contributed by atoms with Crippen LogP contribution in [-0.4, -0.2) is 29.2 Å². The third-order valence-corrected chi connectivity index (χ3v) is 4.20. The van der Waals surface area contributed by atoms with Crippen molar-refractivity contribution in [2.24, 2.45) is 0 Å². The number of thioether (sulfide) groups is 1. The van der Waals surface area contributed by atoms with Crippen LogP contribution in [0.4, 0.5) is 5.82 Å². The molecular weight excluding hydrogens is 302 g/mol. The van der Waals surface area contributed by atoms with E-state index in [9.17, 15) is 9.59 Å². The average molecular weight is 317 g/mol. The van der Waals surface area contributed by atoms with E-state index in [0.29, 0.717) is 22.3 Å². The summed E-state index contributed by atoms with van der Waals surface area (Å²) in [6.07, 6.45) is 2.03. The summed E-state index contributed by atoms with van der Waals surface area (Å²) in [5.41, 5.74) is 1.13. The fourth-order valence-corrected chi connectivity index (χ4v) is 2.97. The largest absolute Gasteiger partial charge is 0.497 e. The molecule has 2 aromatic rings. The van der Waals surface area contributed by atoms with Crippen LogP contribution in [0.25, 0.3) is 0 Å². The Morgan fingerprint density at radius 1 is 1.36 bits per heavy atom. The van der Waals surface area contributed by atoms with Crippen molar-refractivity contribution < 1.29 is 9.53 Å². The molecule has 0 radical (unpaired) electrons. The number of amides is 1. The first-order valence-corrected chi connectivity index (χ1v) is 7.97. The van der Waals surface area contributed by atoms with Crippen LogP contribution in [0.3, 0.4) is 0 Å². The summed E-state index contributed by atoms with van der Waals surface area (Å²) in [6, 6.07) is 7.40. The number of carbonyl (C=O) groups is 1. The minimum Gasteiger partial charge on any atom is -0.497 e. The Balaban J connectivity index is 2.15. The molecule has 2 heterocycles. The number of fused-ring (bicyclic) bond motifs is 1. The van der Waals surface area contributed by atoms with Gasteiger partial charge in [-0.2, -0.15) is 0 Å². The van der Waals surface area contributed by atoms with Gasteiger partial charge >= 0.3 is 0 Å². The van der Waals surface area contributed by atoms with E-state index in [4.69, 9.17) is 4.74 Å². The highest BCUT2D eigenvalue weighted by Crippen LogP contribution is 2.35. The monoisotopic (exact) mass is 317 g/mol. The number of rotatable bonds is 3. The second-order valence-electron chi connectivity index (χ2n) is 4.92. The van der Waals surface area contributed by atoms with E-state index in [-0.39, 0.29) is 23.8 Å². The molecule has 6 nitrogen and oxygen atoms in total. The van der Waals surface area contributed by atoms with E-state index in [2.05, 4.69) is 15.3 Å². The summed E-state index contributed by atoms with van der Waals surface area (Å²) >= 11 is 1.32. The lowest BCUT2D eigenvalue weighted by Crippen LogP contribution is -2.31. The number of methoxy groups -OCH3 is 1. The van der Waals surface area contributed by atoms with Gasteiger partial charge in [-0.1, -0.05) is 23.9 Å². The number of hydrogen-bond donors (Lipinski definition) is 2. The van der Waals surface area contributed by atoms with Crippen LogP contribution in [0, 0.1) is 0 Å². The van der Waals surface area contributed by atoms with Gasteiger partial charge in [-0.15, -0.1) is 0 Å². The van der Waals surface area contributed by atoms with Gasteiger partial charge in [-0.25, -0.2) is 4.98 Å². The standard InChI is InChI=1S/C15H15N3O3S/c1-21-9-5-3-4-8(6-9)10-7-11(19)16-13-12(10)14(20)18-15(17-13)22-2/h3-6,10H,7H2,1-2H3,(H2,16,17,18,19,20)/t10-/m1/s1. The molecule has 0 saturated carbocycles. The third kappa shape index (κ3) is 2.59. The summed E-state index contributed by atoms with van der Waals surface area (Å²) in [4.78, 5) is 31.4. The number of ether oxygens (including phenoxy) is 1. The molecule has 114 valence electrons. The van der Waals surface area contributed by atoms with Crippen molar-refractivity contribution in [2.75, 3.05) is 18.7 Å². The first-order valence-electron chi connectivity index (χ1n) is 6.74. The summed E-state index contributed by atoms with van der Waals surface area (Å²) in [6.45, 7) is 0. The highest BCUT2D eigenvalue weighted by atomic mass is 32.2. The third-order valence-electron chi connectivity index (χ3n) is 3.62. The van der Waals surface area contributed by atoms with Gasteiger partial charge in [-0.05, 0) is 24.0 Å². The first-order chi connectivity index (χ1) is 10.6. The fourth-order valence-electron chi connectivity index (χ4n) is 2.59. The smallest absolute Gasteiger partial charge is 0.257 e. The van der Waals surface area contributed by atoms with Crippen LogP contribution in [0.5, 0.6) is 5.75 Å². The van der Waals surface area contributed by atoms with E-state index < -0.39 is 0 Å². The maximum Gasteiger partial charge on any atom is 0.257 e. The van der Waals surface area contributed by atoms with Crippen LogP contribution in [0.15, 0.2) is 34.2 Å². The maximum absolute atomic E-state index is 12.4. The molecule has 2 N–H and O–H groups in total. The Bertz CT molecular complexity index is 788. The molecule has 0 spiro atoms. The van der Waals surface area contributed by atoms with E-state index in [1.54, 1.807) is 7.11 Å². The Morgan fingerprint density at radius 3 is 2.91 bits per heavy atom. The molecule has 0 unspecified atom stereocenters. The molecule has 7 heteroatoms. The number of nitrogens with one attached hydrogen (secondary N) is 2. The lowest BCUT2D eigenvalue weighted by molar-refractivity contribution is -0.116. The highest BCUT2D eigenvalue weighted by Gasteiger charge is 2.31. The number of H-pyrrole nitrogens is 1. The van der Waals surface area contributed by atoms with Gasteiger partial charge in [0.1, 0.15) is 11.6 Å². The van der Waals surface area contributed by atoms with Crippen molar-refractivity contribution in [3.63, 3.8) is 0 Å². The molecule has 1 aliphatic heterocycles. The SMILES string of the molecule is COc1cccc([C@H]2CC(=O)Nc3nc(SC)[nH]c(=O)c32)c1. The Morgan fingerprint density at radius 2 is 2.18 bits per heavy atom. The normalized spacial score (nSPS) is 16.8. The van der Waals surface area contributed by atoms with Gasteiger partial charge in [0.05, 0.1) is 12.7 Å². The zero-order valence-electron chi connectivity index (χ0n) is 12.2. The molecule has 1 aliphatic rings. The zero-order valence-corrected chi connectivity index (χ0v) is 13.0. The van der Waals surface area contributed by atoms with Crippen LogP contribution in [0.1, 0.15) is 23.5 Å². The van der Waals surface area contributed by atoms with Crippen LogP contribution < -0.4 is 15.6 Å². The topological polar surface area (TPSA) is 84.1 Å². The van der Waals surface area contributed by atoms with Gasteiger partial charge in [0.15, 0.2) is 5.16 Å². The number of carbonyl (C=O) groups excluding carboxylic acids is 1. The summed E-state index contributed by atoms with van der Waals surface area (Å²) in [5, 5.41) is 3.17. The number of benzene rings is 1. The molecule has 1 aromatic heterocycles. The molecule has 0 fully saturated rings. The number of anilines is 1. The van der Waals surface area contributed by atoms with E-state index >= 15 is 0 Å². The van der Waals surface area contributed by atoms with Crippen molar-refractivity contribution >= 4 is 23.5 Å². The second-order valence-corrected chi connectivity index (χ2v) is 5.71. The summed E-state index contributed by atoms with van der Waals surface area (Å²) < 4.78 is 5.22. The lowest BCUT2D eigenvalue weighted by Gasteiger charge is -2.24. The van der Waals surface area contributed by atoms with Gasteiger partial charge in [0.25, 0.3) is 5.56 Å². The van der Waals surface area contributed by atoms with Crippen molar-refractivity contribution in [1.29, 1.82) is 0 Å². The number of aromatic amines is 1. The van der Waals surface area contributed by atoms with Gasteiger partial charge < -0.3 is 15.0 Å². The predicted molar refractivity (Wildman–Crippen MR) is 84.7 cm³/mol. The molecule has 1 atom stereocenters. The van der Waals surface area contributed by atoms with Gasteiger partial charge in [-0.3, -0.25) is 9.59 Å². The predicted octanol–water partition coefficient (Wildman–Crippen LogP) is 1.97. The zero-order chi connectivity index (χ0) is 15.7. The lowest BCUT2D eigenvalue weighted by atomic mass is 9.87. The second kappa shape index (κ2) is 5.84. The van der Waals surface area contributed by atoms with Crippen LogP contribution in [-0.2, 0) is 4.79 Å². The number of aromatic nitrogens is 2. The van der Waals surface area contributed by atoms with Crippen LogP contribution >= 0.6 is 11.8 Å². The van der Waals surface area contributed by atoms with Gasteiger partial charge in [0.2, 0.25) is 5.91 Å². The Labute approximate surface area is 131 Å². The molecule has 0 aliphatic carbocycles. The van der Waals surface area contributed by atoms with E-state index in [0.717, 1.165) is 5.56 Å². The molecule has 1 aromatic carbocycles. The van der Waals surface area contributed by atoms with E-state index in [1.165, 1.54) is 11.8 Å². The average Bonchev–Trinajstić information content (AvgIpc) is 2.53. The fraction of sp³-hybridized carbons (Fsp3) is 0.267. The number of nitrogens with zero attached hydrogens (tertiary/aromatic N) is 1. The summed E-state index contributed by atoms with van der Waals surface area (Å²) in [7, 11) is 1.58. The molecular formula is C15H15N3O3S.